The molecule has 5 heteroatoms. The minimum Gasteiger partial charge on any atom is -0.462 e. The van der Waals surface area contributed by atoms with Crippen molar-refractivity contribution in [3.63, 3.8) is 0 Å². The van der Waals surface area contributed by atoms with Crippen LogP contribution in [-0.2, 0) is 19.6 Å². The van der Waals surface area contributed by atoms with E-state index < -0.39 is 0 Å². The van der Waals surface area contributed by atoms with E-state index in [0.29, 0.717) is 0 Å². The molecule has 114 valence electrons. The largest absolute Gasteiger partial charge is 0.462 e. The Bertz CT molecular complexity index is 690. The smallest absolute Gasteiger partial charge is 0.162 e. The van der Waals surface area contributed by atoms with E-state index in [4.69, 9.17) is 9.52 Å². The Hall–Kier alpha value is -1.95. The summed E-state index contributed by atoms with van der Waals surface area (Å²) >= 11 is 1.60. The molecule has 0 aliphatic rings. The number of furan rings is 1. The summed E-state index contributed by atoms with van der Waals surface area (Å²) in [4.78, 5) is 4.55. The third kappa shape index (κ3) is 3.82. The molecule has 0 saturated carbocycles. The average Bonchev–Trinajstić information content (AvgIpc) is 3.23. The predicted molar refractivity (Wildman–Crippen MR) is 87.6 cm³/mol. The molecule has 3 aromatic rings. The van der Waals surface area contributed by atoms with E-state index in [-0.39, 0.29) is 6.61 Å². The van der Waals surface area contributed by atoms with Crippen molar-refractivity contribution in [1.29, 1.82) is 0 Å². The summed E-state index contributed by atoms with van der Waals surface area (Å²) in [6.45, 7) is 1.75. The summed E-state index contributed by atoms with van der Waals surface area (Å²) in [7, 11) is 0. The third-order valence-electron chi connectivity index (χ3n) is 3.39. The van der Waals surface area contributed by atoms with E-state index >= 15 is 0 Å². The highest BCUT2D eigenvalue weighted by Gasteiger charge is 2.06. The number of nitrogens with zero attached hydrogens (tertiary/aromatic N) is 1. The lowest BCUT2D eigenvalue weighted by atomic mass is 10.1. The topological polar surface area (TPSA) is 58.3 Å². The number of thiazole rings is 1. The van der Waals surface area contributed by atoms with Crippen LogP contribution in [0.3, 0.4) is 0 Å². The molecule has 0 bridgehead atoms. The monoisotopic (exact) mass is 314 g/mol. The van der Waals surface area contributed by atoms with Gasteiger partial charge in [0.1, 0.15) is 0 Å². The number of hydrogen-bond donors (Lipinski definition) is 2. The van der Waals surface area contributed by atoms with Crippen molar-refractivity contribution in [2.45, 2.75) is 19.6 Å². The van der Waals surface area contributed by atoms with Crippen molar-refractivity contribution in [1.82, 2.24) is 10.3 Å². The predicted octanol–water partition coefficient (Wildman–Crippen LogP) is 3.23. The lowest BCUT2D eigenvalue weighted by Gasteiger charge is -2.04. The zero-order valence-corrected chi connectivity index (χ0v) is 13.0. The molecule has 0 saturated heterocycles. The lowest BCUT2D eigenvalue weighted by Crippen LogP contribution is -2.16. The van der Waals surface area contributed by atoms with Crippen LogP contribution in [0.4, 0.5) is 0 Å². The van der Waals surface area contributed by atoms with Crippen molar-refractivity contribution in [2.24, 2.45) is 0 Å². The summed E-state index contributed by atoms with van der Waals surface area (Å²) in [5.41, 5.74) is 3.25. The molecule has 1 aromatic carbocycles. The van der Waals surface area contributed by atoms with Crippen LogP contribution in [0.2, 0.25) is 0 Å². The molecule has 0 fully saturated rings. The quantitative estimate of drug-likeness (QED) is 0.657. The highest BCUT2D eigenvalue weighted by atomic mass is 32.1. The van der Waals surface area contributed by atoms with Gasteiger partial charge in [0.15, 0.2) is 10.8 Å². The van der Waals surface area contributed by atoms with E-state index in [0.717, 1.165) is 41.5 Å². The second kappa shape index (κ2) is 7.35. The van der Waals surface area contributed by atoms with Crippen LogP contribution in [0.1, 0.15) is 16.8 Å². The number of hydrogen-bond acceptors (Lipinski definition) is 5. The van der Waals surface area contributed by atoms with Gasteiger partial charge in [-0.15, -0.1) is 11.3 Å². The molecule has 2 aromatic heterocycles. The van der Waals surface area contributed by atoms with E-state index in [1.54, 1.807) is 17.6 Å². The van der Waals surface area contributed by atoms with Crippen LogP contribution in [0.25, 0.3) is 10.8 Å². The van der Waals surface area contributed by atoms with Crippen molar-refractivity contribution < 1.29 is 9.52 Å². The van der Waals surface area contributed by atoms with Crippen molar-refractivity contribution in [2.75, 3.05) is 6.54 Å². The first-order valence-electron chi connectivity index (χ1n) is 7.23. The summed E-state index contributed by atoms with van der Waals surface area (Å²) in [6.07, 6.45) is 2.62. The Morgan fingerprint density at radius 1 is 1.14 bits per heavy atom. The molecule has 22 heavy (non-hydrogen) atoms. The second-order valence-corrected chi connectivity index (χ2v) is 5.88. The molecule has 0 aliphatic carbocycles. The summed E-state index contributed by atoms with van der Waals surface area (Å²) in [5, 5.41) is 15.4. The molecule has 2 heterocycles. The minimum atomic E-state index is 0.0976. The Morgan fingerprint density at radius 2 is 1.95 bits per heavy atom. The first-order valence-corrected chi connectivity index (χ1v) is 8.11. The SMILES string of the molecule is OCc1ccc(CCNCc2csc(-c3ccco3)n2)cc1. The lowest BCUT2D eigenvalue weighted by molar-refractivity contribution is 0.282. The maximum absolute atomic E-state index is 9.01. The maximum Gasteiger partial charge on any atom is 0.162 e. The van der Waals surface area contributed by atoms with Gasteiger partial charge in [-0.25, -0.2) is 4.98 Å². The van der Waals surface area contributed by atoms with Crippen molar-refractivity contribution >= 4 is 11.3 Å². The fourth-order valence-electron chi connectivity index (χ4n) is 2.16. The van der Waals surface area contributed by atoms with Crippen LogP contribution in [-0.4, -0.2) is 16.6 Å². The fraction of sp³-hybridized carbons (Fsp3) is 0.235. The molecule has 0 atom stereocenters. The van der Waals surface area contributed by atoms with Gasteiger partial charge in [-0.05, 0) is 36.2 Å². The van der Waals surface area contributed by atoms with Gasteiger partial charge in [-0.2, -0.15) is 0 Å². The molecule has 0 amide bonds. The van der Waals surface area contributed by atoms with Gasteiger partial charge in [0, 0.05) is 11.9 Å². The Balaban J connectivity index is 1.45. The zero-order chi connectivity index (χ0) is 15.2. The van der Waals surface area contributed by atoms with Gasteiger partial charge in [0.25, 0.3) is 0 Å². The normalized spacial score (nSPS) is 11.0. The molecule has 3 rings (SSSR count). The van der Waals surface area contributed by atoms with Gasteiger partial charge in [-0.3, -0.25) is 0 Å². The van der Waals surface area contributed by atoms with Crippen LogP contribution in [0.15, 0.2) is 52.5 Å². The molecule has 2 N–H and O–H groups in total. The van der Waals surface area contributed by atoms with Gasteiger partial charge < -0.3 is 14.8 Å². The molecule has 0 unspecified atom stereocenters. The van der Waals surface area contributed by atoms with Gasteiger partial charge in [0.2, 0.25) is 0 Å². The van der Waals surface area contributed by atoms with Crippen molar-refractivity contribution in [3.8, 4) is 10.8 Å². The summed E-state index contributed by atoms with van der Waals surface area (Å²) in [6, 6.07) is 11.8. The standard InChI is InChI=1S/C17H18N2O2S/c20-11-14-5-3-13(4-6-14)7-8-18-10-15-12-22-17(19-15)16-2-1-9-21-16/h1-6,9,12,18,20H,7-8,10-11H2. The fourth-order valence-corrected chi connectivity index (χ4v) is 2.95. The number of benzene rings is 1. The Labute approximate surface area is 133 Å². The zero-order valence-electron chi connectivity index (χ0n) is 12.2. The molecule has 0 aliphatic heterocycles. The Morgan fingerprint density at radius 3 is 2.68 bits per heavy atom. The molecular formula is C17H18N2O2S. The summed E-state index contributed by atoms with van der Waals surface area (Å²) in [5.74, 6) is 0.820. The summed E-state index contributed by atoms with van der Waals surface area (Å²) < 4.78 is 5.34. The van der Waals surface area contributed by atoms with Crippen LogP contribution >= 0.6 is 11.3 Å². The molecule has 4 nitrogen and oxygen atoms in total. The molecule has 0 radical (unpaired) electrons. The highest BCUT2D eigenvalue weighted by molar-refractivity contribution is 7.13. The van der Waals surface area contributed by atoms with Crippen LogP contribution in [0, 0.1) is 0 Å². The van der Waals surface area contributed by atoms with Crippen molar-refractivity contribution in [3.05, 3.63) is 64.9 Å². The minimum absolute atomic E-state index is 0.0976. The highest BCUT2D eigenvalue weighted by Crippen LogP contribution is 2.23. The van der Waals surface area contributed by atoms with Crippen LogP contribution < -0.4 is 5.32 Å². The molecular weight excluding hydrogens is 296 g/mol. The van der Waals surface area contributed by atoms with E-state index in [1.807, 2.05) is 24.3 Å². The van der Waals surface area contributed by atoms with Gasteiger partial charge in [0.05, 0.1) is 18.6 Å². The van der Waals surface area contributed by atoms with E-state index in [2.05, 4.69) is 27.8 Å². The maximum atomic E-state index is 9.01. The number of aliphatic hydroxyl groups excluding tert-OH is 1. The number of rotatable bonds is 7. The van der Waals surface area contributed by atoms with Gasteiger partial charge >= 0.3 is 0 Å². The molecule has 0 spiro atoms. The third-order valence-corrected chi connectivity index (χ3v) is 4.29. The number of nitrogens with one attached hydrogen (secondary N) is 1. The number of aliphatic hydroxyl groups is 1. The average molecular weight is 314 g/mol. The van der Waals surface area contributed by atoms with Gasteiger partial charge in [-0.1, -0.05) is 24.3 Å². The van der Waals surface area contributed by atoms with E-state index in [1.165, 1.54) is 5.56 Å². The first kappa shape index (κ1) is 15.0. The Kier molecular flexibility index (Phi) is 5.00. The van der Waals surface area contributed by atoms with Crippen LogP contribution in [0.5, 0.6) is 0 Å². The second-order valence-electron chi connectivity index (χ2n) is 5.02. The number of aromatic nitrogens is 1. The first-order chi connectivity index (χ1) is 10.8. The van der Waals surface area contributed by atoms with E-state index in [9.17, 15) is 0 Å².